The summed E-state index contributed by atoms with van der Waals surface area (Å²) in [5, 5.41) is 2.54. The van der Waals surface area contributed by atoms with Crippen molar-refractivity contribution in [1.82, 2.24) is 10.3 Å². The van der Waals surface area contributed by atoms with E-state index in [0.717, 1.165) is 0 Å². The number of nitrogens with one attached hydrogen (secondary N) is 1. The molecule has 0 radical (unpaired) electrons. The molecule has 9 nitrogen and oxygen atoms in total. The number of alkyl halides is 1. The molecular formula is C26H41FN2O7. The van der Waals surface area contributed by atoms with Crippen molar-refractivity contribution in [2.24, 2.45) is 5.92 Å². The van der Waals surface area contributed by atoms with E-state index in [1.807, 2.05) is 0 Å². The van der Waals surface area contributed by atoms with Gasteiger partial charge in [0.05, 0.1) is 12.1 Å². The maximum absolute atomic E-state index is 13.1. The van der Waals surface area contributed by atoms with Gasteiger partial charge in [0, 0.05) is 12.1 Å². The first-order valence-electron chi connectivity index (χ1n) is 12.0. The number of ether oxygens (including phenoxy) is 4. The molecule has 1 rings (SSSR count). The van der Waals surface area contributed by atoms with Gasteiger partial charge in [0.15, 0.2) is 0 Å². The molecule has 2 atom stereocenters. The average molecular weight is 513 g/mol. The first kappa shape index (κ1) is 31.1. The van der Waals surface area contributed by atoms with Crippen LogP contribution in [0.4, 0.5) is 9.18 Å². The van der Waals surface area contributed by atoms with Gasteiger partial charge in [-0.2, -0.15) is 0 Å². The standard InChI is InChI=1S/C26H41FN2O7/c1-24(2,3)34-21(30)17(14-18-10-11-19(16-28-18)33-13-12-27)15-20(22(31)35-25(4,5)6)29-23(32)36-26(7,8)9/h10-11,16-17,20H,12-15H2,1-9H3,(H,29,32)/t17?,20-/m0/s1. The monoisotopic (exact) mass is 512 g/mol. The fraction of sp³-hybridized carbons (Fsp3) is 0.692. The van der Waals surface area contributed by atoms with E-state index in [9.17, 15) is 18.8 Å². The Hall–Kier alpha value is -2.91. The highest BCUT2D eigenvalue weighted by atomic mass is 19.1. The van der Waals surface area contributed by atoms with Crippen LogP contribution in [0.3, 0.4) is 0 Å². The highest BCUT2D eigenvalue weighted by molar-refractivity contribution is 5.83. The van der Waals surface area contributed by atoms with Gasteiger partial charge < -0.3 is 24.3 Å². The number of carbonyl (C=O) groups excluding carboxylic acids is 3. The fourth-order valence-corrected chi connectivity index (χ4v) is 3.00. The molecule has 0 bridgehead atoms. The Morgan fingerprint density at radius 1 is 0.889 bits per heavy atom. The Bertz CT molecular complexity index is 868. The van der Waals surface area contributed by atoms with E-state index >= 15 is 0 Å². The summed E-state index contributed by atoms with van der Waals surface area (Å²) in [4.78, 5) is 42.9. The lowest BCUT2D eigenvalue weighted by Crippen LogP contribution is -2.48. The topological polar surface area (TPSA) is 113 Å². The molecule has 1 aromatic rings. The molecule has 0 aliphatic carbocycles. The smallest absolute Gasteiger partial charge is 0.408 e. The molecule has 1 amide bonds. The van der Waals surface area contributed by atoms with Gasteiger partial charge >= 0.3 is 18.0 Å². The molecule has 0 saturated heterocycles. The van der Waals surface area contributed by atoms with Crippen LogP contribution in [0.1, 0.15) is 74.4 Å². The summed E-state index contributed by atoms with van der Waals surface area (Å²) in [6.07, 6.45) is 0.633. The second-order valence-electron chi connectivity index (χ2n) is 11.4. The van der Waals surface area contributed by atoms with Crippen LogP contribution in [0, 0.1) is 5.92 Å². The van der Waals surface area contributed by atoms with Crippen molar-refractivity contribution >= 4 is 18.0 Å². The predicted octanol–water partition coefficient (Wildman–Crippen LogP) is 4.56. The highest BCUT2D eigenvalue weighted by Gasteiger charge is 2.35. The molecule has 1 N–H and O–H groups in total. The number of carbonyl (C=O) groups is 3. The Kier molecular flexibility index (Phi) is 11.1. The van der Waals surface area contributed by atoms with Crippen molar-refractivity contribution in [3.63, 3.8) is 0 Å². The molecule has 0 spiro atoms. The third-order valence-electron chi connectivity index (χ3n) is 4.24. The van der Waals surface area contributed by atoms with Crippen molar-refractivity contribution in [3.8, 4) is 5.75 Å². The second kappa shape index (κ2) is 12.9. The van der Waals surface area contributed by atoms with Crippen LogP contribution in [-0.2, 0) is 30.2 Å². The Balaban J connectivity index is 3.21. The normalized spacial score (nSPS) is 13.8. The fourth-order valence-electron chi connectivity index (χ4n) is 3.00. The molecule has 0 saturated carbocycles. The minimum atomic E-state index is -1.18. The van der Waals surface area contributed by atoms with E-state index in [1.54, 1.807) is 74.4 Å². The Labute approximate surface area is 213 Å². The number of aromatic nitrogens is 1. The third-order valence-corrected chi connectivity index (χ3v) is 4.24. The number of hydrogen-bond acceptors (Lipinski definition) is 8. The summed E-state index contributed by atoms with van der Waals surface area (Å²) in [7, 11) is 0. The number of amides is 1. The van der Waals surface area contributed by atoms with Crippen molar-refractivity contribution in [2.45, 2.75) is 98.0 Å². The van der Waals surface area contributed by atoms with Gasteiger partial charge in [0.25, 0.3) is 0 Å². The first-order chi connectivity index (χ1) is 16.4. The van der Waals surface area contributed by atoms with Crippen molar-refractivity contribution in [3.05, 3.63) is 24.0 Å². The molecule has 204 valence electrons. The molecule has 1 unspecified atom stereocenters. The molecular weight excluding hydrogens is 471 g/mol. The predicted molar refractivity (Wildman–Crippen MR) is 132 cm³/mol. The Morgan fingerprint density at radius 3 is 1.92 bits per heavy atom. The van der Waals surface area contributed by atoms with Crippen molar-refractivity contribution < 1.29 is 37.7 Å². The van der Waals surface area contributed by atoms with Crippen LogP contribution >= 0.6 is 0 Å². The van der Waals surface area contributed by atoms with Crippen LogP contribution < -0.4 is 10.1 Å². The van der Waals surface area contributed by atoms with E-state index in [-0.39, 0.29) is 19.4 Å². The molecule has 1 heterocycles. The minimum Gasteiger partial charge on any atom is -0.489 e. The van der Waals surface area contributed by atoms with Gasteiger partial charge in [-0.3, -0.25) is 9.78 Å². The zero-order valence-electron chi connectivity index (χ0n) is 22.9. The van der Waals surface area contributed by atoms with Gasteiger partial charge in [-0.25, -0.2) is 14.0 Å². The van der Waals surface area contributed by atoms with Crippen LogP contribution in [0.2, 0.25) is 0 Å². The van der Waals surface area contributed by atoms with E-state index in [1.165, 1.54) is 6.20 Å². The maximum atomic E-state index is 13.1. The summed E-state index contributed by atoms with van der Waals surface area (Å²) in [5.74, 6) is -1.71. The highest BCUT2D eigenvalue weighted by Crippen LogP contribution is 2.22. The van der Waals surface area contributed by atoms with E-state index in [4.69, 9.17) is 18.9 Å². The number of pyridine rings is 1. The average Bonchev–Trinajstić information content (AvgIpc) is 2.68. The zero-order valence-corrected chi connectivity index (χ0v) is 22.9. The Morgan fingerprint density at radius 2 is 1.44 bits per heavy atom. The maximum Gasteiger partial charge on any atom is 0.408 e. The number of rotatable bonds is 10. The van der Waals surface area contributed by atoms with Gasteiger partial charge in [-0.1, -0.05) is 0 Å². The summed E-state index contributed by atoms with van der Waals surface area (Å²) in [6, 6.07) is 2.09. The van der Waals surface area contributed by atoms with Crippen molar-refractivity contribution in [1.29, 1.82) is 0 Å². The molecule has 10 heteroatoms. The molecule has 0 fully saturated rings. The number of nitrogens with zero attached hydrogens (tertiary/aromatic N) is 1. The summed E-state index contributed by atoms with van der Waals surface area (Å²) < 4.78 is 33.9. The molecule has 1 aromatic heterocycles. The number of alkyl carbamates (subject to hydrolysis) is 1. The lowest BCUT2D eigenvalue weighted by molar-refractivity contribution is -0.162. The zero-order chi connectivity index (χ0) is 27.7. The third kappa shape index (κ3) is 13.3. The summed E-state index contributed by atoms with van der Waals surface area (Å²) in [5.41, 5.74) is -1.85. The van der Waals surface area contributed by atoms with E-state index in [2.05, 4.69) is 10.3 Å². The molecule has 0 aliphatic rings. The van der Waals surface area contributed by atoms with Gasteiger partial charge in [-0.05, 0) is 80.9 Å². The lowest BCUT2D eigenvalue weighted by Gasteiger charge is -2.29. The van der Waals surface area contributed by atoms with Crippen LogP contribution in [0.5, 0.6) is 5.75 Å². The van der Waals surface area contributed by atoms with Gasteiger partial charge in [-0.15, -0.1) is 0 Å². The van der Waals surface area contributed by atoms with Crippen LogP contribution in [0.25, 0.3) is 0 Å². The summed E-state index contributed by atoms with van der Waals surface area (Å²) in [6.45, 7) is 14.7. The quantitative estimate of drug-likeness (QED) is 0.359. The number of halogens is 1. The lowest BCUT2D eigenvalue weighted by atomic mass is 9.94. The molecule has 0 aromatic carbocycles. The van der Waals surface area contributed by atoms with Gasteiger partial charge in [0.2, 0.25) is 0 Å². The van der Waals surface area contributed by atoms with Crippen LogP contribution in [-0.4, -0.2) is 59.1 Å². The van der Waals surface area contributed by atoms with Crippen LogP contribution in [0.15, 0.2) is 18.3 Å². The number of hydrogen-bond donors (Lipinski definition) is 1. The number of esters is 2. The molecule has 36 heavy (non-hydrogen) atoms. The minimum absolute atomic E-state index is 0.0878. The molecule has 0 aliphatic heterocycles. The largest absolute Gasteiger partial charge is 0.489 e. The first-order valence-corrected chi connectivity index (χ1v) is 12.0. The van der Waals surface area contributed by atoms with E-state index in [0.29, 0.717) is 11.4 Å². The summed E-state index contributed by atoms with van der Waals surface area (Å²) >= 11 is 0. The van der Waals surface area contributed by atoms with Crippen molar-refractivity contribution in [2.75, 3.05) is 13.3 Å². The van der Waals surface area contributed by atoms with E-state index < -0.39 is 53.5 Å². The second-order valence-corrected chi connectivity index (χ2v) is 11.4. The van der Waals surface area contributed by atoms with Gasteiger partial charge in [0.1, 0.15) is 41.9 Å². The SMILES string of the molecule is CC(C)(C)OC(=O)N[C@@H](CC(Cc1ccc(OCCF)cn1)C(=O)OC(C)(C)C)C(=O)OC(C)(C)C.